The predicted molar refractivity (Wildman–Crippen MR) is 43.2 cm³/mol. The van der Waals surface area contributed by atoms with Gasteiger partial charge in [0.15, 0.2) is 0 Å². The Morgan fingerprint density at radius 1 is 1.82 bits per heavy atom. The fraction of sp³-hybridized carbons (Fsp3) is 0.200. The highest BCUT2D eigenvalue weighted by Gasteiger charge is 2.04. The van der Waals surface area contributed by atoms with E-state index in [1.165, 1.54) is 11.3 Å². The van der Waals surface area contributed by atoms with Crippen molar-refractivity contribution in [3.63, 3.8) is 0 Å². The van der Waals surface area contributed by atoms with Crippen LogP contribution in [0.3, 0.4) is 0 Å². The number of hydrogen-bond acceptors (Lipinski definition) is 4. The average Bonchev–Trinajstić information content (AvgIpc) is 2.31. The summed E-state index contributed by atoms with van der Waals surface area (Å²) >= 11 is 11.8. The molecule has 0 saturated carbocycles. The Balaban J connectivity index is 2.51. The van der Waals surface area contributed by atoms with E-state index in [0.717, 1.165) is 0 Å². The third-order valence-electron chi connectivity index (χ3n) is 0.908. The number of nitrogens with zero attached hydrogens (tertiary/aromatic N) is 1. The maximum Gasteiger partial charge on any atom is 0.404 e. The van der Waals surface area contributed by atoms with E-state index in [-0.39, 0.29) is 6.61 Å². The number of thiazole rings is 1. The van der Waals surface area contributed by atoms with Crippen LogP contribution in [0.25, 0.3) is 0 Å². The van der Waals surface area contributed by atoms with E-state index in [4.69, 9.17) is 23.2 Å². The van der Waals surface area contributed by atoms with E-state index in [9.17, 15) is 4.79 Å². The number of carbonyl (C=O) groups is 1. The molecule has 0 fully saturated rings. The van der Waals surface area contributed by atoms with Crippen LogP contribution >= 0.6 is 34.5 Å². The van der Waals surface area contributed by atoms with Crippen LogP contribution in [0.1, 0.15) is 4.88 Å². The molecular weight excluding hydrogens is 209 g/mol. The van der Waals surface area contributed by atoms with Crippen molar-refractivity contribution in [2.75, 3.05) is 0 Å². The predicted octanol–water partition coefficient (Wildman–Crippen LogP) is 2.67. The summed E-state index contributed by atoms with van der Waals surface area (Å²) in [4.78, 5) is 14.6. The molecule has 60 valence electrons. The Hall–Kier alpha value is -0.320. The topological polar surface area (TPSA) is 39.2 Å². The lowest BCUT2D eigenvalue weighted by Gasteiger charge is -1.95. The van der Waals surface area contributed by atoms with Crippen LogP contribution in [0.15, 0.2) is 5.51 Å². The third kappa shape index (κ3) is 2.65. The molecule has 1 aromatic heterocycles. The standard InChI is InChI=1S/C5H3Cl2NO2S/c6-4-3(11-2-8-4)1-10-5(7)9/h2H,1H2. The number of aromatic nitrogens is 1. The van der Waals surface area contributed by atoms with Crippen molar-refractivity contribution in [2.24, 2.45) is 0 Å². The summed E-state index contributed by atoms with van der Waals surface area (Å²) < 4.78 is 4.48. The Bertz CT molecular complexity index is 263. The summed E-state index contributed by atoms with van der Waals surface area (Å²) in [5.41, 5.74) is 0.731. The molecule has 0 bridgehead atoms. The van der Waals surface area contributed by atoms with Gasteiger partial charge in [0.1, 0.15) is 11.8 Å². The van der Waals surface area contributed by atoms with Gasteiger partial charge in [0.25, 0.3) is 0 Å². The first kappa shape index (κ1) is 8.77. The first-order valence-electron chi connectivity index (χ1n) is 2.60. The third-order valence-corrected chi connectivity index (χ3v) is 2.26. The Labute approximate surface area is 76.9 Å². The van der Waals surface area contributed by atoms with Gasteiger partial charge in [0.2, 0.25) is 0 Å². The van der Waals surface area contributed by atoms with E-state index in [1.807, 2.05) is 0 Å². The van der Waals surface area contributed by atoms with Gasteiger partial charge >= 0.3 is 5.43 Å². The van der Waals surface area contributed by atoms with E-state index in [2.05, 4.69) is 9.72 Å². The number of hydrogen-bond donors (Lipinski definition) is 0. The molecule has 6 heteroatoms. The number of ether oxygens (including phenoxy) is 1. The molecule has 0 unspecified atom stereocenters. The minimum atomic E-state index is -0.838. The smallest absolute Gasteiger partial charge is 0.404 e. The highest BCUT2D eigenvalue weighted by atomic mass is 35.5. The van der Waals surface area contributed by atoms with Crippen LogP contribution in [0.4, 0.5) is 4.79 Å². The summed E-state index contributed by atoms with van der Waals surface area (Å²) in [6, 6.07) is 0. The summed E-state index contributed by atoms with van der Waals surface area (Å²) in [7, 11) is 0. The zero-order valence-corrected chi connectivity index (χ0v) is 7.54. The van der Waals surface area contributed by atoms with Crippen molar-refractivity contribution < 1.29 is 9.53 Å². The van der Waals surface area contributed by atoms with Crippen LogP contribution < -0.4 is 0 Å². The normalized spacial score (nSPS) is 9.64. The van der Waals surface area contributed by atoms with Gasteiger partial charge in [-0.05, 0) is 0 Å². The molecule has 0 aliphatic heterocycles. The Morgan fingerprint density at radius 3 is 3.00 bits per heavy atom. The van der Waals surface area contributed by atoms with Crippen molar-refractivity contribution in [1.29, 1.82) is 0 Å². The van der Waals surface area contributed by atoms with Crippen molar-refractivity contribution >= 4 is 40.0 Å². The maximum absolute atomic E-state index is 10.1. The van der Waals surface area contributed by atoms with Gasteiger partial charge < -0.3 is 4.74 Å². The van der Waals surface area contributed by atoms with Gasteiger partial charge in [0.05, 0.1) is 10.4 Å². The minimum absolute atomic E-state index is 0.0891. The Kier molecular flexibility index (Phi) is 3.11. The summed E-state index contributed by atoms with van der Waals surface area (Å²) in [5.74, 6) is 0. The highest BCUT2D eigenvalue weighted by Crippen LogP contribution is 2.19. The molecule has 0 radical (unpaired) electrons. The molecule has 0 amide bonds. The van der Waals surface area contributed by atoms with Gasteiger partial charge in [-0.1, -0.05) is 11.6 Å². The molecule has 11 heavy (non-hydrogen) atoms. The molecule has 3 nitrogen and oxygen atoms in total. The molecule has 1 heterocycles. The van der Waals surface area contributed by atoms with E-state index in [0.29, 0.717) is 10.0 Å². The highest BCUT2D eigenvalue weighted by molar-refractivity contribution is 7.10. The van der Waals surface area contributed by atoms with Crippen molar-refractivity contribution in [1.82, 2.24) is 4.98 Å². The molecule has 0 aliphatic rings. The Morgan fingerprint density at radius 2 is 2.55 bits per heavy atom. The van der Waals surface area contributed by atoms with Crippen molar-refractivity contribution in [3.8, 4) is 0 Å². The number of halogens is 2. The molecule has 0 N–H and O–H groups in total. The zero-order valence-electron chi connectivity index (χ0n) is 5.21. The van der Waals surface area contributed by atoms with Gasteiger partial charge in [0, 0.05) is 11.6 Å². The van der Waals surface area contributed by atoms with Gasteiger partial charge in [-0.15, -0.1) is 11.3 Å². The van der Waals surface area contributed by atoms with Crippen LogP contribution in [0, 0.1) is 0 Å². The average molecular weight is 212 g/mol. The summed E-state index contributed by atoms with van der Waals surface area (Å²) in [6.07, 6.45) is 0. The quantitative estimate of drug-likeness (QED) is 0.707. The fourth-order valence-corrected chi connectivity index (χ4v) is 1.38. The molecule has 0 saturated heterocycles. The lowest BCUT2D eigenvalue weighted by Crippen LogP contribution is -1.92. The molecular formula is C5H3Cl2NO2S. The second kappa shape index (κ2) is 3.90. The molecule has 1 aromatic rings. The van der Waals surface area contributed by atoms with Gasteiger partial charge in [-0.25, -0.2) is 9.78 Å². The lowest BCUT2D eigenvalue weighted by molar-refractivity contribution is 0.168. The first-order chi connectivity index (χ1) is 5.20. The number of rotatable bonds is 2. The second-order valence-electron chi connectivity index (χ2n) is 1.59. The largest absolute Gasteiger partial charge is 0.448 e. The maximum atomic E-state index is 10.1. The SMILES string of the molecule is O=C(Cl)OCc1scnc1Cl. The summed E-state index contributed by atoms with van der Waals surface area (Å²) in [5, 5.41) is 0.355. The monoisotopic (exact) mass is 211 g/mol. The molecule has 0 aliphatic carbocycles. The minimum Gasteiger partial charge on any atom is -0.448 e. The number of carbonyl (C=O) groups excluding carboxylic acids is 1. The van der Waals surface area contributed by atoms with Gasteiger partial charge in [-0.3, -0.25) is 0 Å². The summed E-state index contributed by atoms with van der Waals surface area (Å²) in [6.45, 7) is 0.0891. The van der Waals surface area contributed by atoms with Crippen molar-refractivity contribution in [3.05, 3.63) is 15.5 Å². The van der Waals surface area contributed by atoms with E-state index < -0.39 is 5.43 Å². The molecule has 0 aromatic carbocycles. The van der Waals surface area contributed by atoms with Crippen molar-refractivity contribution in [2.45, 2.75) is 6.61 Å². The van der Waals surface area contributed by atoms with E-state index >= 15 is 0 Å². The lowest BCUT2D eigenvalue weighted by atomic mass is 10.6. The molecule has 0 spiro atoms. The fourth-order valence-electron chi connectivity index (χ4n) is 0.473. The van der Waals surface area contributed by atoms with Gasteiger partial charge in [-0.2, -0.15) is 0 Å². The zero-order chi connectivity index (χ0) is 8.27. The molecule has 1 rings (SSSR count). The van der Waals surface area contributed by atoms with E-state index in [1.54, 1.807) is 5.51 Å². The first-order valence-corrected chi connectivity index (χ1v) is 4.24. The van der Waals surface area contributed by atoms with Crippen LogP contribution in [-0.4, -0.2) is 10.4 Å². The van der Waals surface area contributed by atoms with Crippen LogP contribution in [0.5, 0.6) is 0 Å². The second-order valence-corrected chi connectivity index (χ2v) is 3.20. The van der Waals surface area contributed by atoms with Crippen LogP contribution in [0.2, 0.25) is 5.15 Å². The molecule has 0 atom stereocenters. The van der Waals surface area contributed by atoms with Crippen LogP contribution in [-0.2, 0) is 11.3 Å².